The monoisotopic (exact) mass is 224 g/mol. The summed E-state index contributed by atoms with van der Waals surface area (Å²) in [5.74, 6) is -0.174. The van der Waals surface area contributed by atoms with Crippen molar-refractivity contribution in [2.24, 2.45) is 0 Å². The van der Waals surface area contributed by atoms with Crippen molar-refractivity contribution >= 4 is 0 Å². The molecule has 1 aromatic carbocycles. The van der Waals surface area contributed by atoms with Gasteiger partial charge in [-0.25, -0.2) is 4.39 Å². The Hall–Kier alpha value is -0.930. The van der Waals surface area contributed by atoms with Gasteiger partial charge in [-0.15, -0.1) is 0 Å². The van der Waals surface area contributed by atoms with Crippen molar-refractivity contribution in [1.82, 2.24) is 10.2 Å². The van der Waals surface area contributed by atoms with Gasteiger partial charge in [0.2, 0.25) is 0 Å². The van der Waals surface area contributed by atoms with Crippen molar-refractivity contribution in [3.05, 3.63) is 35.6 Å². The largest absolute Gasteiger partial charge is 0.310 e. The van der Waals surface area contributed by atoms with Gasteiger partial charge in [0.1, 0.15) is 5.82 Å². The van der Waals surface area contributed by atoms with Crippen molar-refractivity contribution in [2.75, 3.05) is 27.2 Å². The number of nitrogens with zero attached hydrogens (tertiary/aromatic N) is 1. The topological polar surface area (TPSA) is 15.3 Å². The fourth-order valence-corrected chi connectivity index (χ4v) is 1.72. The molecule has 16 heavy (non-hydrogen) atoms. The van der Waals surface area contributed by atoms with E-state index in [1.165, 1.54) is 12.1 Å². The lowest BCUT2D eigenvalue weighted by atomic mass is 10.0. The third-order valence-electron chi connectivity index (χ3n) is 2.59. The summed E-state index contributed by atoms with van der Waals surface area (Å²) in [6, 6.07) is 7.08. The van der Waals surface area contributed by atoms with Crippen LogP contribution in [0.1, 0.15) is 24.9 Å². The summed E-state index contributed by atoms with van der Waals surface area (Å²) in [7, 11) is 4.13. The van der Waals surface area contributed by atoms with Crippen LogP contribution in [0, 0.1) is 5.82 Å². The first-order chi connectivity index (χ1) is 7.63. The molecule has 0 bridgehead atoms. The molecule has 0 amide bonds. The van der Waals surface area contributed by atoms with Crippen LogP contribution in [0.4, 0.5) is 4.39 Å². The Morgan fingerprint density at radius 1 is 1.25 bits per heavy atom. The molecule has 1 aromatic rings. The van der Waals surface area contributed by atoms with Gasteiger partial charge in [0.05, 0.1) is 0 Å². The molecule has 0 radical (unpaired) electrons. The van der Waals surface area contributed by atoms with E-state index in [0.29, 0.717) is 6.04 Å². The van der Waals surface area contributed by atoms with Gasteiger partial charge in [-0.2, -0.15) is 0 Å². The van der Waals surface area contributed by atoms with Crippen molar-refractivity contribution < 1.29 is 4.39 Å². The maximum absolute atomic E-state index is 12.8. The molecule has 1 rings (SSSR count). The zero-order chi connectivity index (χ0) is 12.0. The number of halogens is 1. The lowest BCUT2D eigenvalue weighted by Crippen LogP contribution is -2.25. The van der Waals surface area contributed by atoms with Gasteiger partial charge >= 0.3 is 0 Å². The minimum absolute atomic E-state index is 0.174. The molecule has 0 spiro atoms. The Labute approximate surface area is 97.5 Å². The van der Waals surface area contributed by atoms with E-state index in [1.807, 2.05) is 12.1 Å². The first-order valence-corrected chi connectivity index (χ1v) is 5.77. The van der Waals surface area contributed by atoms with Gasteiger partial charge in [0, 0.05) is 6.04 Å². The molecule has 0 aliphatic rings. The summed E-state index contributed by atoms with van der Waals surface area (Å²) >= 11 is 0. The third kappa shape index (κ3) is 4.29. The molecule has 2 nitrogen and oxygen atoms in total. The molecule has 0 aliphatic carbocycles. The molecule has 1 N–H and O–H groups in total. The lowest BCUT2D eigenvalue weighted by molar-refractivity contribution is 0.363. The molecule has 90 valence electrons. The van der Waals surface area contributed by atoms with Crippen LogP contribution < -0.4 is 5.32 Å². The number of benzene rings is 1. The number of hydrogen-bond donors (Lipinski definition) is 1. The summed E-state index contributed by atoms with van der Waals surface area (Å²) < 4.78 is 12.8. The van der Waals surface area contributed by atoms with Gasteiger partial charge < -0.3 is 10.2 Å². The maximum atomic E-state index is 12.8. The molecular weight excluding hydrogens is 203 g/mol. The fourth-order valence-electron chi connectivity index (χ4n) is 1.72. The van der Waals surface area contributed by atoms with E-state index in [4.69, 9.17) is 0 Å². The van der Waals surface area contributed by atoms with Crippen LogP contribution in [0.15, 0.2) is 24.3 Å². The van der Waals surface area contributed by atoms with Crippen LogP contribution >= 0.6 is 0 Å². The number of hydrogen-bond acceptors (Lipinski definition) is 2. The molecule has 1 unspecified atom stereocenters. The van der Waals surface area contributed by atoms with Gasteiger partial charge in [0.15, 0.2) is 0 Å². The first-order valence-electron chi connectivity index (χ1n) is 5.77. The van der Waals surface area contributed by atoms with E-state index in [2.05, 4.69) is 31.2 Å². The predicted molar refractivity (Wildman–Crippen MR) is 66.0 cm³/mol. The predicted octanol–water partition coefficient (Wildman–Crippen LogP) is 2.43. The Morgan fingerprint density at radius 2 is 1.88 bits per heavy atom. The zero-order valence-electron chi connectivity index (χ0n) is 10.3. The Balaban J connectivity index is 2.64. The van der Waals surface area contributed by atoms with Gasteiger partial charge in [0.25, 0.3) is 0 Å². The van der Waals surface area contributed by atoms with Crippen LogP contribution in [0.5, 0.6) is 0 Å². The van der Waals surface area contributed by atoms with Crippen molar-refractivity contribution in [2.45, 2.75) is 19.4 Å². The van der Waals surface area contributed by atoms with Crippen LogP contribution in [-0.4, -0.2) is 32.1 Å². The van der Waals surface area contributed by atoms with E-state index < -0.39 is 0 Å². The number of nitrogens with one attached hydrogen (secondary N) is 1. The molecular formula is C13H21FN2. The Morgan fingerprint density at radius 3 is 2.38 bits per heavy atom. The van der Waals surface area contributed by atoms with Crippen molar-refractivity contribution in [1.29, 1.82) is 0 Å². The third-order valence-corrected chi connectivity index (χ3v) is 2.59. The molecule has 0 saturated heterocycles. The van der Waals surface area contributed by atoms with E-state index in [0.717, 1.165) is 25.1 Å². The lowest BCUT2D eigenvalue weighted by Gasteiger charge is -2.20. The van der Waals surface area contributed by atoms with Gasteiger partial charge in [-0.05, 0) is 51.3 Å². The van der Waals surface area contributed by atoms with Crippen LogP contribution in [0.3, 0.4) is 0 Å². The van der Waals surface area contributed by atoms with Crippen molar-refractivity contribution in [3.63, 3.8) is 0 Å². The SMILES string of the molecule is CCNC(CCN(C)C)c1ccc(F)cc1. The molecule has 3 heteroatoms. The summed E-state index contributed by atoms with van der Waals surface area (Å²) in [5.41, 5.74) is 1.16. The quantitative estimate of drug-likeness (QED) is 0.798. The Bertz CT molecular complexity index is 295. The molecule has 0 aliphatic heterocycles. The highest BCUT2D eigenvalue weighted by molar-refractivity contribution is 5.19. The van der Waals surface area contributed by atoms with Gasteiger partial charge in [-0.3, -0.25) is 0 Å². The molecule has 1 atom stereocenters. The smallest absolute Gasteiger partial charge is 0.123 e. The van der Waals surface area contributed by atoms with Crippen LogP contribution in [0.2, 0.25) is 0 Å². The second-order valence-corrected chi connectivity index (χ2v) is 4.25. The minimum atomic E-state index is -0.174. The van der Waals surface area contributed by atoms with Gasteiger partial charge in [-0.1, -0.05) is 19.1 Å². The molecule has 0 aromatic heterocycles. The standard InChI is InChI=1S/C13H21FN2/c1-4-15-13(9-10-16(2)3)11-5-7-12(14)8-6-11/h5-8,13,15H,4,9-10H2,1-3H3. The summed E-state index contributed by atoms with van der Waals surface area (Å²) in [6.07, 6.45) is 1.03. The molecule has 0 fully saturated rings. The minimum Gasteiger partial charge on any atom is -0.310 e. The first kappa shape index (κ1) is 13.1. The highest BCUT2D eigenvalue weighted by atomic mass is 19.1. The van der Waals surface area contributed by atoms with E-state index in [1.54, 1.807) is 0 Å². The average molecular weight is 224 g/mol. The highest BCUT2D eigenvalue weighted by Crippen LogP contribution is 2.17. The molecule has 0 saturated carbocycles. The zero-order valence-corrected chi connectivity index (χ0v) is 10.3. The highest BCUT2D eigenvalue weighted by Gasteiger charge is 2.10. The fraction of sp³-hybridized carbons (Fsp3) is 0.538. The Kier molecular flexibility index (Phi) is 5.43. The molecule has 0 heterocycles. The van der Waals surface area contributed by atoms with E-state index >= 15 is 0 Å². The maximum Gasteiger partial charge on any atom is 0.123 e. The van der Waals surface area contributed by atoms with Crippen molar-refractivity contribution in [3.8, 4) is 0 Å². The average Bonchev–Trinajstić information content (AvgIpc) is 2.25. The second kappa shape index (κ2) is 6.61. The summed E-state index contributed by atoms with van der Waals surface area (Å²) in [6.45, 7) is 4.04. The van der Waals surface area contributed by atoms with Crippen LogP contribution in [0.25, 0.3) is 0 Å². The normalized spacial score (nSPS) is 13.1. The second-order valence-electron chi connectivity index (χ2n) is 4.25. The number of rotatable bonds is 6. The summed E-state index contributed by atoms with van der Waals surface area (Å²) in [5, 5.41) is 3.42. The van der Waals surface area contributed by atoms with Crippen LogP contribution in [-0.2, 0) is 0 Å². The summed E-state index contributed by atoms with van der Waals surface area (Å²) in [4.78, 5) is 2.16. The van der Waals surface area contributed by atoms with E-state index in [-0.39, 0.29) is 5.82 Å². The van der Waals surface area contributed by atoms with E-state index in [9.17, 15) is 4.39 Å².